The summed E-state index contributed by atoms with van der Waals surface area (Å²) in [7, 11) is 1.60. The number of carbonyl (C=O) groups excluding carboxylic acids is 2. The van der Waals surface area contributed by atoms with Gasteiger partial charge in [-0.1, -0.05) is 18.2 Å². The Bertz CT molecular complexity index is 824. The number of likely N-dealkylation sites (tertiary alicyclic amines) is 1. The Hall–Kier alpha value is -3.09. The van der Waals surface area contributed by atoms with Crippen LogP contribution in [0, 0.1) is 0 Å². The van der Waals surface area contributed by atoms with Crippen molar-refractivity contribution in [2.45, 2.75) is 25.4 Å². The third-order valence-electron chi connectivity index (χ3n) is 4.55. The fraction of sp³-hybridized carbons (Fsp3) is 0.350. The summed E-state index contributed by atoms with van der Waals surface area (Å²) < 4.78 is 11.3. The van der Waals surface area contributed by atoms with E-state index in [2.05, 4.69) is 4.98 Å². The highest BCUT2D eigenvalue weighted by Crippen LogP contribution is 2.22. The van der Waals surface area contributed by atoms with Gasteiger partial charge in [0, 0.05) is 24.4 Å². The van der Waals surface area contributed by atoms with Crippen LogP contribution < -0.4 is 15.2 Å². The topological polar surface area (TPSA) is 94.8 Å². The molecule has 1 fully saturated rings. The van der Waals surface area contributed by atoms with E-state index >= 15 is 0 Å². The maximum absolute atomic E-state index is 12.7. The summed E-state index contributed by atoms with van der Waals surface area (Å²) >= 11 is 0. The van der Waals surface area contributed by atoms with Crippen LogP contribution >= 0.6 is 0 Å². The molecule has 1 aliphatic rings. The number of methoxy groups -OCH3 is 1. The predicted molar refractivity (Wildman–Crippen MR) is 99.7 cm³/mol. The molecule has 0 bridgehead atoms. The van der Waals surface area contributed by atoms with E-state index in [4.69, 9.17) is 15.2 Å². The van der Waals surface area contributed by atoms with Gasteiger partial charge < -0.3 is 20.1 Å². The molecule has 0 saturated carbocycles. The minimum absolute atomic E-state index is 0.0420. The molecule has 1 aromatic heterocycles. The van der Waals surface area contributed by atoms with Crippen molar-refractivity contribution in [3.05, 3.63) is 53.9 Å². The van der Waals surface area contributed by atoms with E-state index in [-0.39, 0.29) is 24.1 Å². The lowest BCUT2D eigenvalue weighted by atomic mass is 10.1. The standard InChI is InChI=1S/C20H23N3O4/c1-26-18-7-3-2-5-14(18)11-19(24)23-10-4-6-16(13-23)27-15-8-9-22-17(12-15)20(21)25/h2-3,5,7-9,12,16H,4,6,10-11,13H2,1H3,(H2,21,25). The summed E-state index contributed by atoms with van der Waals surface area (Å²) in [5.74, 6) is 0.687. The monoisotopic (exact) mass is 369 g/mol. The minimum atomic E-state index is -0.599. The van der Waals surface area contributed by atoms with Crippen LogP contribution in [0.3, 0.4) is 0 Å². The van der Waals surface area contributed by atoms with Crippen LogP contribution in [0.1, 0.15) is 28.9 Å². The SMILES string of the molecule is COc1ccccc1CC(=O)N1CCCC(Oc2ccnc(C(N)=O)c2)C1. The van der Waals surface area contributed by atoms with Gasteiger partial charge in [-0.2, -0.15) is 0 Å². The quantitative estimate of drug-likeness (QED) is 0.838. The number of nitrogens with two attached hydrogens (primary N) is 1. The second kappa shape index (κ2) is 8.53. The fourth-order valence-electron chi connectivity index (χ4n) is 3.20. The lowest BCUT2D eigenvalue weighted by Gasteiger charge is -2.33. The summed E-state index contributed by atoms with van der Waals surface area (Å²) in [5, 5.41) is 0. The van der Waals surface area contributed by atoms with E-state index in [1.807, 2.05) is 29.2 Å². The Balaban J connectivity index is 1.62. The number of hydrogen-bond acceptors (Lipinski definition) is 5. The highest BCUT2D eigenvalue weighted by atomic mass is 16.5. The van der Waals surface area contributed by atoms with E-state index in [1.54, 1.807) is 13.2 Å². The molecule has 3 rings (SSSR count). The smallest absolute Gasteiger partial charge is 0.267 e. The van der Waals surface area contributed by atoms with Gasteiger partial charge in [0.2, 0.25) is 5.91 Å². The van der Waals surface area contributed by atoms with Gasteiger partial charge >= 0.3 is 0 Å². The Morgan fingerprint density at radius 2 is 2.11 bits per heavy atom. The number of aromatic nitrogens is 1. The van der Waals surface area contributed by atoms with Crippen molar-refractivity contribution in [2.75, 3.05) is 20.2 Å². The molecule has 2 amide bonds. The van der Waals surface area contributed by atoms with Crippen LogP contribution in [0.4, 0.5) is 0 Å². The summed E-state index contributed by atoms with van der Waals surface area (Å²) in [4.78, 5) is 29.7. The maximum Gasteiger partial charge on any atom is 0.267 e. The van der Waals surface area contributed by atoms with Crippen molar-refractivity contribution in [2.24, 2.45) is 5.73 Å². The van der Waals surface area contributed by atoms with Crippen LogP contribution in [0.5, 0.6) is 11.5 Å². The summed E-state index contributed by atoms with van der Waals surface area (Å²) in [6.45, 7) is 1.21. The molecular formula is C20H23N3O4. The van der Waals surface area contributed by atoms with Gasteiger partial charge in [-0.3, -0.25) is 14.6 Å². The number of rotatable bonds is 6. The molecule has 1 aliphatic heterocycles. The molecule has 2 heterocycles. The first kappa shape index (κ1) is 18.7. The molecular weight excluding hydrogens is 346 g/mol. The first-order chi connectivity index (χ1) is 13.1. The van der Waals surface area contributed by atoms with Crippen LogP contribution in [0.2, 0.25) is 0 Å². The number of nitrogens with zero attached hydrogens (tertiary/aromatic N) is 2. The molecule has 7 heteroatoms. The molecule has 1 saturated heterocycles. The second-order valence-electron chi connectivity index (χ2n) is 6.45. The van der Waals surface area contributed by atoms with E-state index in [0.717, 1.165) is 18.4 Å². The molecule has 0 aliphatic carbocycles. The third kappa shape index (κ3) is 4.75. The van der Waals surface area contributed by atoms with E-state index in [9.17, 15) is 9.59 Å². The normalized spacial score (nSPS) is 16.6. The highest BCUT2D eigenvalue weighted by Gasteiger charge is 2.25. The molecule has 1 atom stereocenters. The zero-order valence-corrected chi connectivity index (χ0v) is 15.3. The van der Waals surface area contributed by atoms with Gasteiger partial charge in [0.1, 0.15) is 23.3 Å². The minimum Gasteiger partial charge on any atom is -0.496 e. The van der Waals surface area contributed by atoms with Crippen molar-refractivity contribution in [1.82, 2.24) is 9.88 Å². The molecule has 142 valence electrons. The number of benzene rings is 1. The molecule has 7 nitrogen and oxygen atoms in total. The third-order valence-corrected chi connectivity index (χ3v) is 4.55. The zero-order valence-electron chi connectivity index (χ0n) is 15.3. The van der Waals surface area contributed by atoms with E-state index in [0.29, 0.717) is 24.6 Å². The van der Waals surface area contributed by atoms with Crippen LogP contribution in [0.15, 0.2) is 42.6 Å². The average Bonchev–Trinajstić information content (AvgIpc) is 2.69. The van der Waals surface area contributed by atoms with E-state index < -0.39 is 5.91 Å². The van der Waals surface area contributed by atoms with Gasteiger partial charge in [-0.05, 0) is 25.0 Å². The molecule has 2 aromatic rings. The Morgan fingerprint density at radius 1 is 1.30 bits per heavy atom. The molecule has 0 radical (unpaired) electrons. The van der Waals surface area contributed by atoms with Crippen LogP contribution in [-0.4, -0.2) is 48.0 Å². The highest BCUT2D eigenvalue weighted by molar-refractivity contribution is 5.91. The van der Waals surface area contributed by atoms with Crippen LogP contribution in [-0.2, 0) is 11.2 Å². The van der Waals surface area contributed by atoms with Crippen molar-refractivity contribution in [3.8, 4) is 11.5 Å². The van der Waals surface area contributed by atoms with Gasteiger partial charge in [0.25, 0.3) is 5.91 Å². The number of ether oxygens (including phenoxy) is 2. The van der Waals surface area contributed by atoms with Crippen molar-refractivity contribution in [1.29, 1.82) is 0 Å². The predicted octanol–water partition coefficient (Wildman–Crippen LogP) is 1.80. The number of amides is 2. The van der Waals surface area contributed by atoms with Crippen molar-refractivity contribution < 1.29 is 19.1 Å². The number of hydrogen-bond donors (Lipinski definition) is 1. The van der Waals surface area contributed by atoms with Gasteiger partial charge in [0.05, 0.1) is 20.1 Å². The summed E-state index contributed by atoms with van der Waals surface area (Å²) in [6, 6.07) is 10.7. The first-order valence-electron chi connectivity index (χ1n) is 8.89. The number of piperidine rings is 1. The number of para-hydroxylation sites is 1. The average molecular weight is 369 g/mol. The lowest BCUT2D eigenvalue weighted by molar-refractivity contribution is -0.133. The lowest BCUT2D eigenvalue weighted by Crippen LogP contribution is -2.45. The van der Waals surface area contributed by atoms with Crippen LogP contribution in [0.25, 0.3) is 0 Å². The summed E-state index contributed by atoms with van der Waals surface area (Å²) in [5.41, 5.74) is 6.28. The largest absolute Gasteiger partial charge is 0.496 e. The number of carbonyl (C=O) groups is 2. The zero-order chi connectivity index (χ0) is 19.2. The van der Waals surface area contributed by atoms with Gasteiger partial charge in [-0.25, -0.2) is 0 Å². The maximum atomic E-state index is 12.7. The molecule has 27 heavy (non-hydrogen) atoms. The molecule has 0 spiro atoms. The second-order valence-corrected chi connectivity index (χ2v) is 6.45. The number of pyridine rings is 1. The Morgan fingerprint density at radius 3 is 2.89 bits per heavy atom. The Kier molecular flexibility index (Phi) is 5.90. The Labute approximate surface area is 158 Å². The molecule has 1 unspecified atom stereocenters. The number of primary amides is 1. The fourth-order valence-corrected chi connectivity index (χ4v) is 3.20. The van der Waals surface area contributed by atoms with Crippen molar-refractivity contribution >= 4 is 11.8 Å². The van der Waals surface area contributed by atoms with Gasteiger partial charge in [0.15, 0.2) is 0 Å². The first-order valence-corrected chi connectivity index (χ1v) is 8.89. The molecule has 1 aromatic carbocycles. The van der Waals surface area contributed by atoms with Crippen molar-refractivity contribution in [3.63, 3.8) is 0 Å². The van der Waals surface area contributed by atoms with E-state index in [1.165, 1.54) is 12.3 Å². The van der Waals surface area contributed by atoms with Gasteiger partial charge in [-0.15, -0.1) is 0 Å². The molecule has 2 N–H and O–H groups in total. The summed E-state index contributed by atoms with van der Waals surface area (Å²) in [6.07, 6.45) is 3.34.